The lowest BCUT2D eigenvalue weighted by Crippen LogP contribution is -2.09. The van der Waals surface area contributed by atoms with Crippen molar-refractivity contribution in [3.8, 4) is 0 Å². The van der Waals surface area contributed by atoms with Gasteiger partial charge in [0, 0.05) is 12.2 Å². The van der Waals surface area contributed by atoms with E-state index in [9.17, 15) is 4.79 Å². The Balaban J connectivity index is 2.71. The maximum absolute atomic E-state index is 11.1. The molecule has 0 atom stereocenters. The number of rotatable bonds is 7. The van der Waals surface area contributed by atoms with Crippen molar-refractivity contribution in [2.24, 2.45) is 0 Å². The van der Waals surface area contributed by atoms with E-state index in [2.05, 4.69) is 12.2 Å². The van der Waals surface area contributed by atoms with Gasteiger partial charge in [-0.25, -0.2) is 4.79 Å². The zero-order valence-corrected chi connectivity index (χ0v) is 11.3. The summed E-state index contributed by atoms with van der Waals surface area (Å²) in [5.74, 6) is -1.03. The van der Waals surface area contributed by atoms with Crippen molar-refractivity contribution in [1.29, 1.82) is 0 Å². The average Bonchev–Trinajstić information content (AvgIpc) is 2.30. The normalized spacial score (nSPS) is 10.3. The van der Waals surface area contributed by atoms with Crippen LogP contribution < -0.4 is 11.1 Å². The lowest BCUT2D eigenvalue weighted by molar-refractivity contribution is 0.0698. The van der Waals surface area contributed by atoms with E-state index in [-0.39, 0.29) is 5.56 Å². The van der Waals surface area contributed by atoms with Crippen LogP contribution in [0.4, 0.5) is 11.4 Å². The first-order valence-electron chi connectivity index (χ1n) is 6.12. The molecule has 1 aromatic carbocycles. The molecule has 100 valence electrons. The standard InChI is InChI=1S/C13H19ClN2O2/c1-2-3-4-5-6-16-12-10(13(17)18)7-9(15)8-11(12)14/h7-8,16H,2-6,15H2,1H3,(H,17,18). The second-order valence-corrected chi connectivity index (χ2v) is 4.63. The van der Waals surface area contributed by atoms with Crippen molar-refractivity contribution >= 4 is 28.9 Å². The number of nitrogen functional groups attached to an aromatic ring is 1. The molecule has 1 rings (SSSR count). The van der Waals surface area contributed by atoms with Gasteiger partial charge in [0.15, 0.2) is 0 Å². The molecule has 4 N–H and O–H groups in total. The average molecular weight is 271 g/mol. The second kappa shape index (κ2) is 7.11. The number of carbonyl (C=O) groups is 1. The lowest BCUT2D eigenvalue weighted by atomic mass is 10.1. The SMILES string of the molecule is CCCCCCNc1c(Cl)cc(N)cc1C(=O)O. The first-order chi connectivity index (χ1) is 8.56. The summed E-state index contributed by atoms with van der Waals surface area (Å²) in [4.78, 5) is 11.1. The summed E-state index contributed by atoms with van der Waals surface area (Å²) in [5.41, 5.74) is 6.51. The Labute approximate surface area is 112 Å². The Bertz CT molecular complexity index is 422. The third-order valence-electron chi connectivity index (χ3n) is 2.68. The molecule has 4 nitrogen and oxygen atoms in total. The van der Waals surface area contributed by atoms with E-state index >= 15 is 0 Å². The van der Waals surface area contributed by atoms with Gasteiger partial charge in [-0.1, -0.05) is 37.8 Å². The zero-order valence-electron chi connectivity index (χ0n) is 10.5. The molecule has 0 saturated heterocycles. The number of anilines is 2. The predicted octanol–water partition coefficient (Wildman–Crippen LogP) is 3.61. The van der Waals surface area contributed by atoms with Crippen LogP contribution in [0.5, 0.6) is 0 Å². The number of unbranched alkanes of at least 4 members (excludes halogenated alkanes) is 3. The van der Waals surface area contributed by atoms with Crippen LogP contribution in [-0.4, -0.2) is 17.6 Å². The maximum atomic E-state index is 11.1. The number of halogens is 1. The molecule has 0 fully saturated rings. The summed E-state index contributed by atoms with van der Waals surface area (Å²) >= 11 is 6.01. The number of carboxylic acids is 1. The number of benzene rings is 1. The minimum atomic E-state index is -1.03. The number of aromatic carboxylic acids is 1. The molecule has 5 heteroatoms. The van der Waals surface area contributed by atoms with Gasteiger partial charge in [-0.05, 0) is 18.6 Å². The molecule has 0 saturated carbocycles. The Hall–Kier alpha value is -1.42. The summed E-state index contributed by atoms with van der Waals surface area (Å²) < 4.78 is 0. The first kappa shape index (κ1) is 14.6. The van der Waals surface area contributed by atoms with Crippen LogP contribution >= 0.6 is 11.6 Å². The number of carboxylic acid groups (broad SMARTS) is 1. The van der Waals surface area contributed by atoms with Gasteiger partial charge in [0.05, 0.1) is 16.3 Å². The van der Waals surface area contributed by atoms with Gasteiger partial charge in [-0.2, -0.15) is 0 Å². The summed E-state index contributed by atoms with van der Waals surface area (Å²) in [6.45, 7) is 2.86. The fourth-order valence-corrected chi connectivity index (χ4v) is 2.04. The molecular weight excluding hydrogens is 252 g/mol. The third-order valence-corrected chi connectivity index (χ3v) is 2.97. The highest BCUT2D eigenvalue weighted by Crippen LogP contribution is 2.29. The number of hydrogen-bond acceptors (Lipinski definition) is 3. The molecule has 18 heavy (non-hydrogen) atoms. The van der Waals surface area contributed by atoms with Crippen LogP contribution in [0.15, 0.2) is 12.1 Å². The number of nitrogens with one attached hydrogen (secondary N) is 1. The van der Waals surface area contributed by atoms with E-state index < -0.39 is 5.97 Å². The number of nitrogens with two attached hydrogens (primary N) is 1. The molecule has 0 unspecified atom stereocenters. The van der Waals surface area contributed by atoms with Crippen molar-refractivity contribution < 1.29 is 9.90 Å². The molecule has 1 aromatic rings. The highest BCUT2D eigenvalue weighted by molar-refractivity contribution is 6.34. The van der Waals surface area contributed by atoms with E-state index in [1.807, 2.05) is 0 Å². The predicted molar refractivity (Wildman–Crippen MR) is 75.5 cm³/mol. The van der Waals surface area contributed by atoms with Crippen molar-refractivity contribution in [1.82, 2.24) is 0 Å². The van der Waals surface area contributed by atoms with Crippen LogP contribution in [0.2, 0.25) is 5.02 Å². The molecule has 0 amide bonds. The molecular formula is C13H19ClN2O2. The second-order valence-electron chi connectivity index (χ2n) is 4.22. The summed E-state index contributed by atoms with van der Waals surface area (Å²) in [7, 11) is 0. The summed E-state index contributed by atoms with van der Waals surface area (Å²) in [6, 6.07) is 2.98. The van der Waals surface area contributed by atoms with E-state index in [1.54, 1.807) is 6.07 Å². The van der Waals surface area contributed by atoms with Crippen molar-refractivity contribution in [3.05, 3.63) is 22.7 Å². The third kappa shape index (κ3) is 4.11. The van der Waals surface area contributed by atoms with Crippen LogP contribution in [0, 0.1) is 0 Å². The smallest absolute Gasteiger partial charge is 0.337 e. The van der Waals surface area contributed by atoms with Gasteiger partial charge in [-0.3, -0.25) is 0 Å². The molecule has 0 aliphatic carbocycles. The highest BCUT2D eigenvalue weighted by Gasteiger charge is 2.14. The fraction of sp³-hybridized carbons (Fsp3) is 0.462. The van der Waals surface area contributed by atoms with E-state index in [4.69, 9.17) is 22.4 Å². The van der Waals surface area contributed by atoms with Crippen LogP contribution in [0.1, 0.15) is 43.0 Å². The van der Waals surface area contributed by atoms with Gasteiger partial charge in [0.1, 0.15) is 0 Å². The van der Waals surface area contributed by atoms with Crippen LogP contribution in [0.3, 0.4) is 0 Å². The van der Waals surface area contributed by atoms with Crippen molar-refractivity contribution in [2.75, 3.05) is 17.6 Å². The van der Waals surface area contributed by atoms with Gasteiger partial charge < -0.3 is 16.2 Å². The molecule has 0 aromatic heterocycles. The molecule has 0 heterocycles. The Morgan fingerprint density at radius 2 is 2.11 bits per heavy atom. The zero-order chi connectivity index (χ0) is 13.5. The Kier molecular flexibility index (Phi) is 5.78. The van der Waals surface area contributed by atoms with Gasteiger partial charge in [-0.15, -0.1) is 0 Å². The fourth-order valence-electron chi connectivity index (χ4n) is 1.74. The summed E-state index contributed by atoms with van der Waals surface area (Å²) in [6.07, 6.45) is 4.47. The van der Waals surface area contributed by atoms with E-state index in [0.717, 1.165) is 12.8 Å². The maximum Gasteiger partial charge on any atom is 0.337 e. The quantitative estimate of drug-likeness (QED) is 0.523. The Morgan fingerprint density at radius 3 is 2.72 bits per heavy atom. The van der Waals surface area contributed by atoms with Crippen molar-refractivity contribution in [3.63, 3.8) is 0 Å². The summed E-state index contributed by atoms with van der Waals surface area (Å²) in [5, 5.41) is 12.5. The largest absolute Gasteiger partial charge is 0.478 e. The highest BCUT2D eigenvalue weighted by atomic mass is 35.5. The molecule has 0 aliphatic rings. The van der Waals surface area contributed by atoms with E-state index in [0.29, 0.717) is 22.9 Å². The van der Waals surface area contributed by atoms with Gasteiger partial charge in [0.25, 0.3) is 0 Å². The Morgan fingerprint density at radius 1 is 1.39 bits per heavy atom. The minimum Gasteiger partial charge on any atom is -0.478 e. The molecule has 0 bridgehead atoms. The monoisotopic (exact) mass is 270 g/mol. The van der Waals surface area contributed by atoms with E-state index in [1.165, 1.54) is 18.9 Å². The van der Waals surface area contributed by atoms with Crippen molar-refractivity contribution in [2.45, 2.75) is 32.6 Å². The van der Waals surface area contributed by atoms with Crippen LogP contribution in [0.25, 0.3) is 0 Å². The lowest BCUT2D eigenvalue weighted by Gasteiger charge is -2.12. The minimum absolute atomic E-state index is 0.121. The molecule has 0 aliphatic heterocycles. The first-order valence-corrected chi connectivity index (χ1v) is 6.50. The number of hydrogen-bond donors (Lipinski definition) is 3. The molecule has 0 radical (unpaired) electrons. The van der Waals surface area contributed by atoms with Gasteiger partial charge >= 0.3 is 5.97 Å². The topological polar surface area (TPSA) is 75.3 Å². The van der Waals surface area contributed by atoms with Crippen LogP contribution in [-0.2, 0) is 0 Å². The van der Waals surface area contributed by atoms with Gasteiger partial charge in [0.2, 0.25) is 0 Å². The molecule has 0 spiro atoms.